The molecule has 3 aromatic rings. The number of carbonyl (C=O) groups is 1. The van der Waals surface area contributed by atoms with Crippen LogP contribution in [0.5, 0.6) is 0 Å². The first-order valence-electron chi connectivity index (χ1n) is 11.7. The second-order valence-corrected chi connectivity index (χ2v) is 8.86. The Bertz CT molecular complexity index is 1290. The van der Waals surface area contributed by atoms with Gasteiger partial charge in [0.05, 0.1) is 0 Å². The number of benzene rings is 1. The number of hydrogen-bond acceptors (Lipinski definition) is 6. The normalized spacial score (nSPS) is 14.6. The highest BCUT2D eigenvalue weighted by Crippen LogP contribution is 2.26. The smallest absolute Gasteiger partial charge is 0.257 e. The van der Waals surface area contributed by atoms with Gasteiger partial charge in [-0.3, -0.25) is 4.79 Å². The average molecular weight is 469 g/mol. The lowest BCUT2D eigenvalue weighted by Gasteiger charge is -2.33. The fraction of sp³-hybridized carbons (Fsp3) is 0.250. The molecule has 180 valence electrons. The summed E-state index contributed by atoms with van der Waals surface area (Å²) in [4.78, 5) is 28.5. The van der Waals surface area contributed by atoms with Crippen molar-refractivity contribution in [1.29, 1.82) is 0 Å². The van der Waals surface area contributed by atoms with Crippen molar-refractivity contribution in [1.82, 2.24) is 19.8 Å². The molecule has 3 heterocycles. The lowest BCUT2D eigenvalue weighted by molar-refractivity contribution is 0.102. The van der Waals surface area contributed by atoms with Crippen LogP contribution >= 0.6 is 0 Å². The summed E-state index contributed by atoms with van der Waals surface area (Å²) in [5.41, 5.74) is 3.50. The summed E-state index contributed by atoms with van der Waals surface area (Å²) < 4.78 is 0. The number of nitrogens with zero attached hydrogens (tertiary/aromatic N) is 5. The maximum Gasteiger partial charge on any atom is 0.257 e. The van der Waals surface area contributed by atoms with Gasteiger partial charge in [0.15, 0.2) is 0 Å². The summed E-state index contributed by atoms with van der Waals surface area (Å²) in [6.45, 7) is 13.6. The third-order valence-electron chi connectivity index (χ3n) is 6.30. The highest BCUT2D eigenvalue weighted by molar-refractivity contribution is 6.05. The zero-order valence-electron chi connectivity index (χ0n) is 20.7. The third-order valence-corrected chi connectivity index (χ3v) is 6.30. The molecule has 1 aliphatic heterocycles. The van der Waals surface area contributed by atoms with Crippen LogP contribution in [0.25, 0.3) is 16.5 Å². The van der Waals surface area contributed by atoms with E-state index in [1.807, 2.05) is 49.2 Å². The van der Waals surface area contributed by atoms with Crippen molar-refractivity contribution in [2.24, 2.45) is 0 Å². The summed E-state index contributed by atoms with van der Waals surface area (Å²) in [6, 6.07) is 11.6. The molecule has 1 saturated heterocycles. The van der Waals surface area contributed by atoms with Crippen LogP contribution < -0.4 is 10.2 Å². The first kappa shape index (κ1) is 24.2. The number of carbonyl (C=O) groups excluding carboxylic acids is 1. The molecule has 1 fully saturated rings. The third kappa shape index (κ3) is 5.58. The molecule has 0 unspecified atom stereocenters. The van der Waals surface area contributed by atoms with E-state index in [9.17, 15) is 4.79 Å². The number of aromatic nitrogens is 2. The van der Waals surface area contributed by atoms with E-state index in [-0.39, 0.29) is 5.91 Å². The lowest BCUT2D eigenvalue weighted by atomic mass is 10.0. The van der Waals surface area contributed by atoms with Crippen LogP contribution in [0.3, 0.4) is 0 Å². The number of rotatable bonds is 7. The van der Waals surface area contributed by atoms with Gasteiger partial charge in [-0.2, -0.15) is 0 Å². The lowest BCUT2D eigenvalue weighted by Crippen LogP contribution is -2.44. The Balaban J connectivity index is 1.56. The van der Waals surface area contributed by atoms with Crippen molar-refractivity contribution >= 4 is 34.0 Å². The van der Waals surface area contributed by atoms with Crippen LogP contribution in [0, 0.1) is 0 Å². The van der Waals surface area contributed by atoms with Crippen LogP contribution in [0.15, 0.2) is 79.8 Å². The molecule has 0 bridgehead atoms. The van der Waals surface area contributed by atoms with Crippen molar-refractivity contribution < 1.29 is 4.79 Å². The fourth-order valence-corrected chi connectivity index (χ4v) is 4.04. The molecule has 1 aromatic carbocycles. The van der Waals surface area contributed by atoms with Gasteiger partial charge in [-0.25, -0.2) is 9.97 Å². The molecule has 1 N–H and O–H groups in total. The van der Waals surface area contributed by atoms with Crippen molar-refractivity contribution in [3.8, 4) is 0 Å². The van der Waals surface area contributed by atoms with Gasteiger partial charge in [0.25, 0.3) is 5.91 Å². The summed E-state index contributed by atoms with van der Waals surface area (Å²) in [5, 5.41) is 4.91. The van der Waals surface area contributed by atoms with Gasteiger partial charge in [0, 0.05) is 68.0 Å². The Hall–Kier alpha value is -3.97. The zero-order valence-corrected chi connectivity index (χ0v) is 20.7. The Morgan fingerprint density at radius 2 is 1.83 bits per heavy atom. The Morgan fingerprint density at radius 3 is 2.54 bits per heavy atom. The van der Waals surface area contributed by atoms with Gasteiger partial charge in [-0.15, -0.1) is 0 Å². The number of pyridine rings is 2. The number of amides is 1. The van der Waals surface area contributed by atoms with Gasteiger partial charge in [0.1, 0.15) is 11.6 Å². The van der Waals surface area contributed by atoms with Crippen LogP contribution in [0.4, 0.5) is 11.6 Å². The number of piperazine rings is 1. The predicted molar refractivity (Wildman–Crippen MR) is 144 cm³/mol. The van der Waals surface area contributed by atoms with Gasteiger partial charge in [-0.1, -0.05) is 31.4 Å². The van der Waals surface area contributed by atoms with Crippen LogP contribution in [0.2, 0.25) is 0 Å². The Labute approximate surface area is 207 Å². The summed E-state index contributed by atoms with van der Waals surface area (Å²) in [6.07, 6.45) is 7.19. The predicted octanol–water partition coefficient (Wildman–Crippen LogP) is 4.63. The summed E-state index contributed by atoms with van der Waals surface area (Å²) in [5.74, 6) is 1.12. The second kappa shape index (κ2) is 10.5. The van der Waals surface area contributed by atoms with E-state index in [0.717, 1.165) is 59.7 Å². The fourth-order valence-electron chi connectivity index (χ4n) is 4.04. The molecule has 0 saturated carbocycles. The minimum atomic E-state index is -0.208. The van der Waals surface area contributed by atoms with Gasteiger partial charge < -0.3 is 20.0 Å². The van der Waals surface area contributed by atoms with E-state index in [1.165, 1.54) is 0 Å². The molecule has 1 amide bonds. The molecular weight excluding hydrogens is 436 g/mol. The first-order chi connectivity index (χ1) is 16.9. The topological polar surface area (TPSA) is 64.6 Å². The molecule has 7 heteroatoms. The van der Waals surface area contributed by atoms with Crippen molar-refractivity contribution in [3.05, 3.63) is 90.9 Å². The molecule has 35 heavy (non-hydrogen) atoms. The summed E-state index contributed by atoms with van der Waals surface area (Å²) in [7, 11) is 4.09. The minimum absolute atomic E-state index is 0.208. The first-order valence-corrected chi connectivity index (χ1v) is 11.7. The van der Waals surface area contributed by atoms with Crippen LogP contribution in [0.1, 0.15) is 22.8 Å². The minimum Gasteiger partial charge on any atom is -0.354 e. The standard InChI is InChI=1S/C28H32N6O/c1-6-7-25(33(5)20(2)3)21-8-9-23-19-30-26(17-24(23)16-21)31-28(35)22-10-11-29-27(18-22)34-14-12-32(4)13-15-34/h6-11,16-19H,1-2,12-15H2,3-5H3,(H,30,31,35)/b25-7-. The van der Waals surface area contributed by atoms with Crippen LogP contribution in [-0.2, 0) is 0 Å². The molecule has 0 aliphatic carbocycles. The molecule has 7 nitrogen and oxygen atoms in total. The van der Waals surface area contributed by atoms with E-state index in [4.69, 9.17) is 0 Å². The molecule has 0 atom stereocenters. The number of likely N-dealkylation sites (N-methyl/N-ethyl adjacent to an activating group) is 1. The summed E-state index contributed by atoms with van der Waals surface area (Å²) >= 11 is 0. The van der Waals surface area contributed by atoms with Crippen LogP contribution in [-0.4, -0.2) is 65.9 Å². The van der Waals surface area contributed by atoms with Gasteiger partial charge >= 0.3 is 0 Å². The Morgan fingerprint density at radius 1 is 1.06 bits per heavy atom. The van der Waals surface area contributed by atoms with E-state index in [0.29, 0.717) is 11.4 Å². The highest BCUT2D eigenvalue weighted by atomic mass is 16.1. The SMILES string of the molecule is C=C/C=C(/c1ccc2cnc(NC(=O)c3ccnc(N4CCN(C)CC4)c3)cc2c1)N(C)C(=C)C. The van der Waals surface area contributed by atoms with Gasteiger partial charge in [-0.05, 0) is 55.3 Å². The van der Waals surface area contributed by atoms with Crippen molar-refractivity contribution in [2.45, 2.75) is 6.92 Å². The number of nitrogens with one attached hydrogen (secondary N) is 1. The number of allylic oxidation sites excluding steroid dienone is 3. The van der Waals surface area contributed by atoms with E-state index in [2.05, 4.69) is 51.4 Å². The molecule has 0 spiro atoms. The maximum absolute atomic E-state index is 13.0. The zero-order chi connectivity index (χ0) is 24.9. The van der Waals surface area contributed by atoms with Crippen molar-refractivity contribution in [2.75, 3.05) is 50.5 Å². The number of anilines is 2. The molecular formula is C28H32N6O. The van der Waals surface area contributed by atoms with E-state index >= 15 is 0 Å². The van der Waals surface area contributed by atoms with Gasteiger partial charge in [0.2, 0.25) is 0 Å². The monoisotopic (exact) mass is 468 g/mol. The van der Waals surface area contributed by atoms with E-state index in [1.54, 1.807) is 24.5 Å². The van der Waals surface area contributed by atoms with E-state index < -0.39 is 0 Å². The number of hydrogen-bond donors (Lipinski definition) is 1. The quantitative estimate of drug-likeness (QED) is 0.510. The molecule has 2 aromatic heterocycles. The largest absolute Gasteiger partial charge is 0.354 e. The highest BCUT2D eigenvalue weighted by Gasteiger charge is 2.17. The second-order valence-electron chi connectivity index (χ2n) is 8.86. The Kier molecular flexibility index (Phi) is 7.27. The van der Waals surface area contributed by atoms with Crippen molar-refractivity contribution in [3.63, 3.8) is 0 Å². The maximum atomic E-state index is 13.0. The molecule has 4 rings (SSSR count). The molecule has 0 radical (unpaired) electrons. The molecule has 1 aliphatic rings. The number of fused-ring (bicyclic) bond motifs is 1. The average Bonchev–Trinajstić information content (AvgIpc) is 2.87.